The Balaban J connectivity index is 1.88. The minimum atomic E-state index is -3.59. The summed E-state index contributed by atoms with van der Waals surface area (Å²) in [6.45, 7) is 5.44. The number of ether oxygens (including phenoxy) is 2. The molecule has 0 saturated heterocycles. The van der Waals surface area contributed by atoms with Crippen LogP contribution in [0.3, 0.4) is 0 Å². The van der Waals surface area contributed by atoms with Crippen molar-refractivity contribution in [1.82, 2.24) is 4.72 Å². The second-order valence-corrected chi connectivity index (χ2v) is 8.25. The van der Waals surface area contributed by atoms with Gasteiger partial charge in [0.05, 0.1) is 17.1 Å². The molecule has 0 aromatic heterocycles. The summed E-state index contributed by atoms with van der Waals surface area (Å²) in [6.07, 6.45) is 0.682. The fourth-order valence-electron chi connectivity index (χ4n) is 2.38. The molecule has 0 bridgehead atoms. The quantitative estimate of drug-likeness (QED) is 0.556. The molecule has 2 N–H and O–H groups in total. The molecular weight excluding hydrogens is 408 g/mol. The van der Waals surface area contributed by atoms with Gasteiger partial charge in [-0.05, 0) is 68.8 Å². The number of carbonyl (C=O) groups is 2. The van der Waals surface area contributed by atoms with E-state index in [2.05, 4.69) is 10.0 Å². The highest BCUT2D eigenvalue weighted by Gasteiger charge is 2.16. The third-order valence-electron chi connectivity index (χ3n) is 4.15. The van der Waals surface area contributed by atoms with Crippen molar-refractivity contribution in [3.63, 3.8) is 0 Å². The van der Waals surface area contributed by atoms with Gasteiger partial charge in [-0.15, -0.1) is 0 Å². The molecule has 1 atom stereocenters. The van der Waals surface area contributed by atoms with Gasteiger partial charge in [-0.1, -0.05) is 6.92 Å². The molecule has 0 radical (unpaired) electrons. The summed E-state index contributed by atoms with van der Waals surface area (Å²) in [5, 5.41) is 2.65. The molecule has 0 heterocycles. The lowest BCUT2D eigenvalue weighted by Crippen LogP contribution is -2.31. The van der Waals surface area contributed by atoms with E-state index in [1.807, 2.05) is 6.92 Å². The average Bonchev–Trinajstić information content (AvgIpc) is 2.73. The Bertz CT molecular complexity index is 956. The van der Waals surface area contributed by atoms with Crippen molar-refractivity contribution in [3.05, 3.63) is 54.1 Å². The Kier molecular flexibility index (Phi) is 8.37. The normalized spacial score (nSPS) is 12.1. The molecule has 0 saturated carbocycles. The summed E-state index contributed by atoms with van der Waals surface area (Å²) < 4.78 is 37.4. The molecule has 2 aromatic rings. The number of amides is 1. The van der Waals surface area contributed by atoms with Crippen LogP contribution in [0.15, 0.2) is 53.4 Å². The predicted molar refractivity (Wildman–Crippen MR) is 113 cm³/mol. The van der Waals surface area contributed by atoms with Crippen LogP contribution in [-0.2, 0) is 19.6 Å². The van der Waals surface area contributed by atoms with Crippen LogP contribution in [0.2, 0.25) is 0 Å². The van der Waals surface area contributed by atoms with Gasteiger partial charge in [0, 0.05) is 11.7 Å². The van der Waals surface area contributed by atoms with Crippen LogP contribution < -0.4 is 14.8 Å². The maximum atomic E-state index is 12.2. The van der Waals surface area contributed by atoms with Crippen LogP contribution in [0.5, 0.6) is 5.75 Å². The summed E-state index contributed by atoms with van der Waals surface area (Å²) in [5.74, 6) is -0.456. The first-order chi connectivity index (χ1) is 14.2. The topological polar surface area (TPSA) is 111 Å². The molecule has 9 heteroatoms. The molecule has 0 aliphatic heterocycles. The van der Waals surface area contributed by atoms with Gasteiger partial charge in [0.25, 0.3) is 5.91 Å². The molecule has 30 heavy (non-hydrogen) atoms. The Labute approximate surface area is 176 Å². The molecule has 2 aromatic carbocycles. The van der Waals surface area contributed by atoms with Crippen LogP contribution in [0.1, 0.15) is 37.6 Å². The third-order valence-corrected chi connectivity index (χ3v) is 5.76. The number of carbonyl (C=O) groups excluding carboxylic acids is 2. The van der Waals surface area contributed by atoms with E-state index in [1.54, 1.807) is 38.1 Å². The number of hydrogen-bond acceptors (Lipinski definition) is 6. The van der Waals surface area contributed by atoms with E-state index in [-0.39, 0.29) is 24.2 Å². The molecule has 2 rings (SSSR count). The van der Waals surface area contributed by atoms with Crippen molar-refractivity contribution in [3.8, 4) is 5.75 Å². The number of nitrogens with one attached hydrogen (secondary N) is 2. The van der Waals surface area contributed by atoms with E-state index in [1.165, 1.54) is 24.3 Å². The smallest absolute Gasteiger partial charge is 0.338 e. The lowest BCUT2D eigenvalue weighted by Gasteiger charge is -2.12. The number of hydrogen-bond donors (Lipinski definition) is 2. The first-order valence-electron chi connectivity index (χ1n) is 9.57. The predicted octanol–water partition coefficient (Wildman–Crippen LogP) is 2.96. The van der Waals surface area contributed by atoms with Crippen LogP contribution in [0.4, 0.5) is 5.69 Å². The summed E-state index contributed by atoms with van der Waals surface area (Å²) in [4.78, 5) is 23.8. The fourth-order valence-corrected chi connectivity index (χ4v) is 3.71. The molecule has 0 spiro atoms. The van der Waals surface area contributed by atoms with Gasteiger partial charge in [0.15, 0.2) is 6.61 Å². The Morgan fingerprint density at radius 3 is 2.20 bits per heavy atom. The molecule has 8 nitrogen and oxygen atoms in total. The van der Waals surface area contributed by atoms with E-state index < -0.39 is 21.9 Å². The number of rotatable bonds is 10. The van der Waals surface area contributed by atoms with Gasteiger partial charge in [-0.3, -0.25) is 4.79 Å². The first kappa shape index (κ1) is 23.4. The van der Waals surface area contributed by atoms with Crippen molar-refractivity contribution < 1.29 is 27.5 Å². The third kappa shape index (κ3) is 6.85. The number of sulfonamides is 1. The standard InChI is InChI=1S/C21H26N2O6S/c1-4-15(3)23-30(26,27)19-12-10-18(11-13-19)29-14-20(24)22-17-8-6-16(7-9-17)21(25)28-5-2/h6-13,15,23H,4-5,14H2,1-3H3,(H,22,24)/t15-/m0/s1. The van der Waals surface area contributed by atoms with Gasteiger partial charge < -0.3 is 14.8 Å². The largest absolute Gasteiger partial charge is 0.484 e. The van der Waals surface area contributed by atoms with Gasteiger partial charge in [0.2, 0.25) is 10.0 Å². The van der Waals surface area contributed by atoms with Crippen molar-refractivity contribution >= 4 is 27.6 Å². The maximum Gasteiger partial charge on any atom is 0.338 e. The van der Waals surface area contributed by atoms with E-state index in [4.69, 9.17) is 9.47 Å². The summed E-state index contributed by atoms with van der Waals surface area (Å²) in [7, 11) is -3.59. The lowest BCUT2D eigenvalue weighted by molar-refractivity contribution is -0.118. The number of esters is 1. The molecule has 0 fully saturated rings. The average molecular weight is 435 g/mol. The molecule has 0 aliphatic rings. The minimum Gasteiger partial charge on any atom is -0.484 e. The van der Waals surface area contributed by atoms with E-state index in [9.17, 15) is 18.0 Å². The molecule has 162 valence electrons. The lowest BCUT2D eigenvalue weighted by atomic mass is 10.2. The zero-order valence-corrected chi connectivity index (χ0v) is 18.0. The van der Waals surface area contributed by atoms with Crippen LogP contribution in [0.25, 0.3) is 0 Å². The van der Waals surface area contributed by atoms with E-state index in [0.29, 0.717) is 23.4 Å². The second kappa shape index (κ2) is 10.7. The molecule has 1 amide bonds. The highest BCUT2D eigenvalue weighted by Crippen LogP contribution is 2.17. The van der Waals surface area contributed by atoms with Gasteiger partial charge in [-0.2, -0.15) is 0 Å². The molecule has 0 unspecified atom stereocenters. The Morgan fingerprint density at radius 2 is 1.63 bits per heavy atom. The minimum absolute atomic E-state index is 0.126. The monoisotopic (exact) mass is 434 g/mol. The highest BCUT2D eigenvalue weighted by molar-refractivity contribution is 7.89. The van der Waals surface area contributed by atoms with E-state index in [0.717, 1.165) is 0 Å². The maximum absolute atomic E-state index is 12.2. The Morgan fingerprint density at radius 1 is 1.00 bits per heavy atom. The van der Waals surface area contributed by atoms with Gasteiger partial charge in [-0.25, -0.2) is 17.9 Å². The molecule has 0 aliphatic carbocycles. The SMILES string of the molecule is CCOC(=O)c1ccc(NC(=O)COc2ccc(S(=O)(=O)N[C@@H](C)CC)cc2)cc1. The highest BCUT2D eigenvalue weighted by atomic mass is 32.2. The number of benzene rings is 2. The Hall–Kier alpha value is -2.91. The van der Waals surface area contributed by atoms with Crippen LogP contribution >= 0.6 is 0 Å². The van der Waals surface area contributed by atoms with E-state index >= 15 is 0 Å². The molecular formula is C21H26N2O6S. The first-order valence-corrected chi connectivity index (χ1v) is 11.1. The second-order valence-electron chi connectivity index (χ2n) is 6.54. The number of anilines is 1. The van der Waals surface area contributed by atoms with Crippen molar-refractivity contribution in [2.24, 2.45) is 0 Å². The summed E-state index contributed by atoms with van der Waals surface area (Å²) >= 11 is 0. The van der Waals surface area contributed by atoms with Crippen LogP contribution in [-0.4, -0.2) is 39.5 Å². The zero-order valence-electron chi connectivity index (χ0n) is 17.2. The summed E-state index contributed by atoms with van der Waals surface area (Å²) in [5.41, 5.74) is 0.901. The zero-order chi connectivity index (χ0) is 22.1. The summed E-state index contributed by atoms with van der Waals surface area (Å²) in [6, 6.07) is 12.0. The van der Waals surface area contributed by atoms with Crippen molar-refractivity contribution in [2.75, 3.05) is 18.5 Å². The van der Waals surface area contributed by atoms with Gasteiger partial charge in [0.1, 0.15) is 5.75 Å². The van der Waals surface area contributed by atoms with Crippen LogP contribution in [0, 0.1) is 0 Å². The van der Waals surface area contributed by atoms with Gasteiger partial charge >= 0.3 is 5.97 Å². The van der Waals surface area contributed by atoms with Crippen molar-refractivity contribution in [2.45, 2.75) is 38.1 Å². The fraction of sp³-hybridized carbons (Fsp3) is 0.333. The van der Waals surface area contributed by atoms with Crippen molar-refractivity contribution in [1.29, 1.82) is 0 Å².